The van der Waals surface area contributed by atoms with Crippen LogP contribution < -0.4 is 4.90 Å². The molecular weight excluding hydrogens is 246 g/mol. The van der Waals surface area contributed by atoms with Crippen LogP contribution in [0.15, 0.2) is 29.4 Å². The molecule has 0 saturated heterocycles. The van der Waals surface area contributed by atoms with Crippen LogP contribution in [0.2, 0.25) is 0 Å². The van der Waals surface area contributed by atoms with Gasteiger partial charge in [-0.1, -0.05) is 12.1 Å². The van der Waals surface area contributed by atoms with Crippen molar-refractivity contribution in [2.75, 3.05) is 19.0 Å². The van der Waals surface area contributed by atoms with Crippen LogP contribution >= 0.6 is 12.2 Å². The van der Waals surface area contributed by atoms with Gasteiger partial charge in [-0.2, -0.15) is 14.9 Å². The first kappa shape index (κ1) is 12.5. The summed E-state index contributed by atoms with van der Waals surface area (Å²) in [6, 6.07) is 8.11. The number of aryl methyl sites for hydroxylation is 1. The molecule has 1 heterocycles. The van der Waals surface area contributed by atoms with Crippen molar-refractivity contribution in [1.82, 2.24) is 14.9 Å². The van der Waals surface area contributed by atoms with E-state index in [0.29, 0.717) is 4.77 Å². The highest BCUT2D eigenvalue weighted by atomic mass is 32.1. The van der Waals surface area contributed by atoms with Gasteiger partial charge in [0.15, 0.2) is 0 Å². The molecule has 18 heavy (non-hydrogen) atoms. The van der Waals surface area contributed by atoms with Crippen LogP contribution in [0.4, 0.5) is 5.69 Å². The molecule has 0 aliphatic heterocycles. The molecule has 0 unspecified atom stereocenters. The molecule has 94 valence electrons. The van der Waals surface area contributed by atoms with Crippen LogP contribution in [0, 0.1) is 11.7 Å². The topological polar surface area (TPSA) is 49.2 Å². The Morgan fingerprint density at radius 1 is 1.33 bits per heavy atom. The predicted octanol–water partition coefficient (Wildman–Crippen LogP) is 2.20. The van der Waals surface area contributed by atoms with Crippen LogP contribution in [0.5, 0.6) is 0 Å². The fourth-order valence-corrected chi connectivity index (χ4v) is 1.71. The van der Waals surface area contributed by atoms with Gasteiger partial charge in [-0.05, 0) is 36.8 Å². The number of aromatic amines is 1. The molecule has 1 aromatic heterocycles. The SMILES string of the molecule is Cc1n[nH]c(=S)n1/N=C\c1ccc(N(C)C)cc1. The van der Waals surface area contributed by atoms with E-state index in [1.54, 1.807) is 10.9 Å². The number of nitrogens with one attached hydrogen (secondary N) is 1. The number of anilines is 1. The zero-order valence-electron chi connectivity index (χ0n) is 10.6. The van der Waals surface area contributed by atoms with Crippen LogP contribution in [-0.4, -0.2) is 35.2 Å². The van der Waals surface area contributed by atoms with E-state index < -0.39 is 0 Å². The maximum Gasteiger partial charge on any atom is 0.216 e. The summed E-state index contributed by atoms with van der Waals surface area (Å²) in [5.74, 6) is 0.737. The van der Waals surface area contributed by atoms with Crippen molar-refractivity contribution in [2.24, 2.45) is 5.10 Å². The average molecular weight is 261 g/mol. The van der Waals surface area contributed by atoms with Crippen molar-refractivity contribution in [2.45, 2.75) is 6.92 Å². The van der Waals surface area contributed by atoms with E-state index in [4.69, 9.17) is 12.2 Å². The van der Waals surface area contributed by atoms with E-state index in [-0.39, 0.29) is 0 Å². The molecule has 0 atom stereocenters. The lowest BCUT2D eigenvalue weighted by Crippen LogP contribution is -2.08. The largest absolute Gasteiger partial charge is 0.378 e. The standard InChI is InChI=1S/C12H15N5S/c1-9-14-15-12(18)17(9)13-8-10-4-6-11(7-5-10)16(2)3/h4-8H,1-3H3,(H,15,18)/b13-8-. The Morgan fingerprint density at radius 2 is 2.00 bits per heavy atom. The molecule has 2 aromatic rings. The molecule has 0 aliphatic carbocycles. The third kappa shape index (κ3) is 2.65. The number of aromatic nitrogens is 3. The number of hydrogen-bond donors (Lipinski definition) is 1. The van der Waals surface area contributed by atoms with Gasteiger partial charge in [-0.3, -0.25) is 5.10 Å². The Labute approximate surface area is 111 Å². The first-order valence-corrected chi connectivity index (χ1v) is 5.94. The molecule has 0 bridgehead atoms. The smallest absolute Gasteiger partial charge is 0.216 e. The molecule has 1 aromatic carbocycles. The zero-order valence-corrected chi connectivity index (χ0v) is 11.4. The minimum absolute atomic E-state index is 0.494. The molecule has 0 saturated carbocycles. The van der Waals surface area contributed by atoms with Crippen molar-refractivity contribution in [1.29, 1.82) is 0 Å². The van der Waals surface area contributed by atoms with Crippen molar-refractivity contribution in [3.05, 3.63) is 40.4 Å². The molecule has 5 nitrogen and oxygen atoms in total. The Kier molecular flexibility index (Phi) is 3.57. The van der Waals surface area contributed by atoms with Crippen molar-refractivity contribution in [3.8, 4) is 0 Å². The van der Waals surface area contributed by atoms with Crippen molar-refractivity contribution < 1.29 is 0 Å². The fourth-order valence-electron chi connectivity index (χ4n) is 1.49. The summed E-state index contributed by atoms with van der Waals surface area (Å²) in [4.78, 5) is 2.05. The lowest BCUT2D eigenvalue weighted by Gasteiger charge is -2.11. The van der Waals surface area contributed by atoms with Gasteiger partial charge >= 0.3 is 0 Å². The highest BCUT2D eigenvalue weighted by molar-refractivity contribution is 7.71. The summed E-state index contributed by atoms with van der Waals surface area (Å²) < 4.78 is 2.09. The summed E-state index contributed by atoms with van der Waals surface area (Å²) in [7, 11) is 4.02. The maximum atomic E-state index is 5.07. The minimum atomic E-state index is 0.494. The molecule has 6 heteroatoms. The van der Waals surface area contributed by atoms with Gasteiger partial charge in [0.2, 0.25) is 4.77 Å². The van der Waals surface area contributed by atoms with Gasteiger partial charge in [0.1, 0.15) is 5.82 Å². The molecule has 2 rings (SSSR count). The number of benzene rings is 1. The third-order valence-electron chi connectivity index (χ3n) is 2.54. The number of rotatable bonds is 3. The Balaban J connectivity index is 2.22. The summed E-state index contributed by atoms with van der Waals surface area (Å²) >= 11 is 5.07. The Bertz CT molecular complexity index is 606. The molecule has 0 fully saturated rings. The fraction of sp³-hybridized carbons (Fsp3) is 0.250. The summed E-state index contributed by atoms with van der Waals surface area (Å²) in [5, 5.41) is 11.0. The maximum absolute atomic E-state index is 5.07. The number of nitrogens with zero attached hydrogens (tertiary/aromatic N) is 4. The molecule has 0 radical (unpaired) electrons. The average Bonchev–Trinajstić information content (AvgIpc) is 2.67. The zero-order chi connectivity index (χ0) is 13.1. The van der Waals surface area contributed by atoms with Gasteiger partial charge in [0, 0.05) is 19.8 Å². The van der Waals surface area contributed by atoms with E-state index in [2.05, 4.69) is 20.2 Å². The molecular formula is C12H15N5S. The van der Waals surface area contributed by atoms with E-state index in [0.717, 1.165) is 17.1 Å². The van der Waals surface area contributed by atoms with Gasteiger partial charge in [-0.15, -0.1) is 0 Å². The van der Waals surface area contributed by atoms with Crippen molar-refractivity contribution in [3.63, 3.8) is 0 Å². The van der Waals surface area contributed by atoms with E-state index in [9.17, 15) is 0 Å². The van der Waals surface area contributed by atoms with Crippen LogP contribution in [-0.2, 0) is 0 Å². The van der Waals surface area contributed by atoms with Gasteiger partial charge < -0.3 is 4.90 Å². The Hall–Kier alpha value is -1.95. The number of hydrogen-bond acceptors (Lipinski definition) is 4. The van der Waals surface area contributed by atoms with Gasteiger partial charge in [0.05, 0.1) is 6.21 Å². The lowest BCUT2D eigenvalue weighted by atomic mass is 10.2. The quantitative estimate of drug-likeness (QED) is 0.680. The van der Waals surface area contributed by atoms with Gasteiger partial charge in [-0.25, -0.2) is 0 Å². The number of H-pyrrole nitrogens is 1. The minimum Gasteiger partial charge on any atom is -0.378 e. The second-order valence-electron chi connectivity index (χ2n) is 4.12. The highest BCUT2D eigenvalue weighted by Gasteiger charge is 1.98. The molecule has 0 amide bonds. The first-order chi connectivity index (χ1) is 8.58. The Morgan fingerprint density at radius 3 is 2.50 bits per heavy atom. The molecule has 0 aliphatic rings. The van der Waals surface area contributed by atoms with E-state index in [1.807, 2.05) is 45.3 Å². The van der Waals surface area contributed by atoms with Crippen LogP contribution in [0.1, 0.15) is 11.4 Å². The van der Waals surface area contributed by atoms with Crippen LogP contribution in [0.3, 0.4) is 0 Å². The summed E-state index contributed by atoms with van der Waals surface area (Å²) in [6.07, 6.45) is 1.76. The predicted molar refractivity (Wildman–Crippen MR) is 75.9 cm³/mol. The van der Waals surface area contributed by atoms with Crippen molar-refractivity contribution >= 4 is 24.1 Å². The van der Waals surface area contributed by atoms with Gasteiger partial charge in [0.25, 0.3) is 0 Å². The van der Waals surface area contributed by atoms with E-state index in [1.165, 1.54) is 0 Å². The lowest BCUT2D eigenvalue weighted by molar-refractivity contribution is 0.821. The van der Waals surface area contributed by atoms with E-state index >= 15 is 0 Å². The normalized spacial score (nSPS) is 11.1. The highest BCUT2D eigenvalue weighted by Crippen LogP contribution is 2.11. The summed E-state index contributed by atoms with van der Waals surface area (Å²) in [6.45, 7) is 1.85. The molecule has 0 spiro atoms. The second kappa shape index (κ2) is 5.14. The summed E-state index contributed by atoms with van der Waals surface area (Å²) in [5.41, 5.74) is 2.17. The monoisotopic (exact) mass is 261 g/mol. The third-order valence-corrected chi connectivity index (χ3v) is 2.81. The first-order valence-electron chi connectivity index (χ1n) is 5.53. The molecule has 1 N–H and O–H groups in total. The van der Waals surface area contributed by atoms with Crippen LogP contribution in [0.25, 0.3) is 0 Å². The second-order valence-corrected chi connectivity index (χ2v) is 4.51.